The highest BCUT2D eigenvalue weighted by molar-refractivity contribution is 5.74. The lowest BCUT2D eigenvalue weighted by atomic mass is 10.2. The molecular formula is C12H12FN5. The topological polar surface area (TPSA) is 61.1 Å². The maximum atomic E-state index is 13.2. The van der Waals surface area contributed by atoms with E-state index in [9.17, 15) is 4.39 Å². The first kappa shape index (κ1) is 10.8. The molecule has 3 aromatic heterocycles. The van der Waals surface area contributed by atoms with Gasteiger partial charge < -0.3 is 5.73 Å². The van der Waals surface area contributed by atoms with Crippen LogP contribution in [-0.2, 0) is 6.54 Å². The Kier molecular flexibility index (Phi) is 2.29. The van der Waals surface area contributed by atoms with Crippen molar-refractivity contribution < 1.29 is 4.39 Å². The third-order valence-corrected chi connectivity index (χ3v) is 2.85. The van der Waals surface area contributed by atoms with Gasteiger partial charge in [0.15, 0.2) is 0 Å². The quantitative estimate of drug-likeness (QED) is 0.750. The van der Waals surface area contributed by atoms with Crippen molar-refractivity contribution in [2.24, 2.45) is 0 Å². The van der Waals surface area contributed by atoms with Gasteiger partial charge in [0.25, 0.3) is 0 Å². The molecule has 0 saturated carbocycles. The molecule has 6 heteroatoms. The molecule has 0 fully saturated rings. The molecule has 0 bridgehead atoms. The third kappa shape index (κ3) is 1.54. The molecule has 0 radical (unpaired) electrons. The van der Waals surface area contributed by atoms with Crippen molar-refractivity contribution in [2.75, 3.05) is 5.73 Å². The van der Waals surface area contributed by atoms with E-state index in [2.05, 4.69) is 10.1 Å². The molecule has 0 saturated heterocycles. The zero-order valence-corrected chi connectivity index (χ0v) is 9.84. The molecule has 92 valence electrons. The van der Waals surface area contributed by atoms with Gasteiger partial charge in [0.05, 0.1) is 6.20 Å². The zero-order valence-electron chi connectivity index (χ0n) is 9.84. The molecular weight excluding hydrogens is 233 g/mol. The summed E-state index contributed by atoms with van der Waals surface area (Å²) in [5.74, 6) is 0.0718. The molecule has 3 heterocycles. The average molecular weight is 245 g/mol. The lowest BCUT2D eigenvalue weighted by molar-refractivity contribution is 0.619. The molecule has 0 amide bonds. The summed E-state index contributed by atoms with van der Waals surface area (Å²) in [5, 5.41) is 4.18. The molecule has 5 nitrogen and oxygen atoms in total. The highest BCUT2D eigenvalue weighted by atomic mass is 19.1. The predicted molar refractivity (Wildman–Crippen MR) is 66.5 cm³/mol. The van der Waals surface area contributed by atoms with E-state index < -0.39 is 0 Å². The number of nitrogens with zero attached hydrogens (tertiary/aromatic N) is 4. The van der Waals surface area contributed by atoms with Crippen molar-refractivity contribution in [3.05, 3.63) is 36.5 Å². The molecule has 0 unspecified atom stereocenters. The average Bonchev–Trinajstić information content (AvgIpc) is 2.95. The minimum atomic E-state index is -0.345. The third-order valence-electron chi connectivity index (χ3n) is 2.85. The minimum Gasteiger partial charge on any atom is -0.383 e. The van der Waals surface area contributed by atoms with Crippen molar-refractivity contribution >= 4 is 11.5 Å². The first-order valence-electron chi connectivity index (χ1n) is 5.65. The number of aryl methyl sites for hydroxylation is 1. The van der Waals surface area contributed by atoms with Gasteiger partial charge in [-0.05, 0) is 19.1 Å². The molecule has 18 heavy (non-hydrogen) atoms. The summed E-state index contributed by atoms with van der Waals surface area (Å²) in [6.07, 6.45) is 4.90. The van der Waals surface area contributed by atoms with Gasteiger partial charge in [0, 0.05) is 24.5 Å². The SMILES string of the molecule is CCn1cc(-c2nc3ccc(F)cn3c2N)cn1. The van der Waals surface area contributed by atoms with Gasteiger partial charge in [-0.2, -0.15) is 5.10 Å². The molecule has 3 aromatic rings. The van der Waals surface area contributed by atoms with E-state index in [0.717, 1.165) is 12.1 Å². The van der Waals surface area contributed by atoms with Crippen molar-refractivity contribution in [3.8, 4) is 11.3 Å². The van der Waals surface area contributed by atoms with Crippen molar-refractivity contribution in [1.82, 2.24) is 19.2 Å². The fraction of sp³-hybridized carbons (Fsp3) is 0.167. The maximum Gasteiger partial charge on any atom is 0.140 e. The summed E-state index contributed by atoms with van der Waals surface area (Å²) in [6, 6.07) is 2.96. The van der Waals surface area contributed by atoms with Crippen molar-refractivity contribution in [1.29, 1.82) is 0 Å². The number of rotatable bonds is 2. The van der Waals surface area contributed by atoms with E-state index in [1.165, 1.54) is 16.7 Å². The van der Waals surface area contributed by atoms with E-state index in [4.69, 9.17) is 5.73 Å². The van der Waals surface area contributed by atoms with Crippen LogP contribution in [0.1, 0.15) is 6.92 Å². The highest BCUT2D eigenvalue weighted by Gasteiger charge is 2.13. The van der Waals surface area contributed by atoms with E-state index in [0.29, 0.717) is 17.2 Å². The fourth-order valence-corrected chi connectivity index (χ4v) is 1.91. The second-order valence-corrected chi connectivity index (χ2v) is 4.01. The highest BCUT2D eigenvalue weighted by Crippen LogP contribution is 2.26. The Morgan fingerprint density at radius 1 is 1.33 bits per heavy atom. The number of anilines is 1. The van der Waals surface area contributed by atoms with E-state index >= 15 is 0 Å². The Bertz CT molecular complexity index is 712. The fourth-order valence-electron chi connectivity index (χ4n) is 1.91. The monoisotopic (exact) mass is 245 g/mol. The van der Waals surface area contributed by atoms with Crippen LogP contribution in [0.15, 0.2) is 30.7 Å². The Labute approximate surface area is 103 Å². The van der Waals surface area contributed by atoms with E-state index in [1.54, 1.807) is 16.9 Å². The molecule has 2 N–H and O–H groups in total. The van der Waals surface area contributed by atoms with Crippen LogP contribution in [0.5, 0.6) is 0 Å². The van der Waals surface area contributed by atoms with Gasteiger partial charge in [-0.15, -0.1) is 0 Å². The second kappa shape index (κ2) is 3.83. The van der Waals surface area contributed by atoms with Crippen LogP contribution >= 0.6 is 0 Å². The number of hydrogen-bond acceptors (Lipinski definition) is 3. The second-order valence-electron chi connectivity index (χ2n) is 4.01. The molecule has 0 aliphatic carbocycles. The molecule has 0 aromatic carbocycles. The van der Waals surface area contributed by atoms with Gasteiger partial charge in [0.2, 0.25) is 0 Å². The van der Waals surface area contributed by atoms with Crippen LogP contribution in [0, 0.1) is 5.82 Å². The minimum absolute atomic E-state index is 0.345. The number of imidazole rings is 1. The summed E-state index contributed by atoms with van der Waals surface area (Å²) < 4.78 is 16.5. The van der Waals surface area contributed by atoms with Gasteiger partial charge in [-0.1, -0.05) is 0 Å². The number of nitrogens with two attached hydrogens (primary N) is 1. The number of hydrogen-bond donors (Lipinski definition) is 1. The van der Waals surface area contributed by atoms with Crippen LogP contribution in [0.25, 0.3) is 16.9 Å². The summed E-state index contributed by atoms with van der Waals surface area (Å²) in [6.45, 7) is 2.78. The lowest BCUT2D eigenvalue weighted by Crippen LogP contribution is -1.94. The first-order valence-corrected chi connectivity index (χ1v) is 5.65. The van der Waals surface area contributed by atoms with Crippen molar-refractivity contribution in [2.45, 2.75) is 13.5 Å². The smallest absolute Gasteiger partial charge is 0.140 e. The Morgan fingerprint density at radius 2 is 2.17 bits per heavy atom. The number of nitrogen functional groups attached to an aromatic ring is 1. The van der Waals surface area contributed by atoms with Crippen LogP contribution in [-0.4, -0.2) is 19.2 Å². The lowest BCUT2D eigenvalue weighted by Gasteiger charge is -1.96. The Morgan fingerprint density at radius 3 is 2.89 bits per heavy atom. The van der Waals surface area contributed by atoms with E-state index in [1.807, 2.05) is 13.1 Å². The number of halogens is 1. The van der Waals surface area contributed by atoms with Gasteiger partial charge >= 0.3 is 0 Å². The predicted octanol–water partition coefficient (Wildman–Crippen LogP) is 1.94. The van der Waals surface area contributed by atoms with Crippen LogP contribution < -0.4 is 5.73 Å². The van der Waals surface area contributed by atoms with Crippen LogP contribution in [0.4, 0.5) is 10.2 Å². The normalized spacial score (nSPS) is 11.2. The Balaban J connectivity index is 2.20. The number of pyridine rings is 1. The van der Waals surface area contributed by atoms with Crippen LogP contribution in [0.2, 0.25) is 0 Å². The molecule has 0 spiro atoms. The largest absolute Gasteiger partial charge is 0.383 e. The summed E-state index contributed by atoms with van der Waals surface area (Å²) in [4.78, 5) is 4.39. The standard InChI is InChI=1S/C12H12FN5/c1-2-17-6-8(5-15-17)11-12(14)18-7-9(13)3-4-10(18)16-11/h3-7H,2,14H2,1H3. The molecule has 3 rings (SSSR count). The maximum absolute atomic E-state index is 13.2. The number of fused-ring (bicyclic) bond motifs is 1. The molecule has 0 aliphatic heterocycles. The summed E-state index contributed by atoms with van der Waals surface area (Å²) >= 11 is 0. The van der Waals surface area contributed by atoms with E-state index in [-0.39, 0.29) is 5.82 Å². The summed E-state index contributed by atoms with van der Waals surface area (Å²) in [7, 11) is 0. The van der Waals surface area contributed by atoms with Gasteiger partial charge in [0.1, 0.15) is 23.0 Å². The van der Waals surface area contributed by atoms with Gasteiger partial charge in [-0.25, -0.2) is 9.37 Å². The summed E-state index contributed by atoms with van der Waals surface area (Å²) in [5.41, 5.74) is 8.06. The van der Waals surface area contributed by atoms with Crippen LogP contribution in [0.3, 0.4) is 0 Å². The molecule has 0 atom stereocenters. The zero-order chi connectivity index (χ0) is 12.7. The number of aromatic nitrogens is 4. The van der Waals surface area contributed by atoms with Crippen molar-refractivity contribution in [3.63, 3.8) is 0 Å². The first-order chi connectivity index (χ1) is 8.69. The Hall–Kier alpha value is -2.37. The van der Waals surface area contributed by atoms with Gasteiger partial charge in [-0.3, -0.25) is 9.08 Å². The molecule has 0 aliphatic rings.